The first kappa shape index (κ1) is 9.70. The molecular formula is C9H13N5O. The number of nitrogens with two attached hydrogens (primary N) is 1. The number of nitrogen functional groups attached to an aromatic ring is 1. The van der Waals surface area contributed by atoms with Crippen LogP contribution in [-0.4, -0.2) is 19.5 Å². The summed E-state index contributed by atoms with van der Waals surface area (Å²) in [5.74, 6) is 1.19. The molecule has 0 aliphatic heterocycles. The van der Waals surface area contributed by atoms with Crippen LogP contribution < -0.4 is 11.4 Å². The molecule has 2 heterocycles. The van der Waals surface area contributed by atoms with Gasteiger partial charge < -0.3 is 10.7 Å². The highest BCUT2D eigenvalue weighted by molar-refractivity contribution is 5.81. The predicted molar refractivity (Wildman–Crippen MR) is 57.6 cm³/mol. The largest absolute Gasteiger partial charge is 0.383 e. The number of hydrogen-bond donors (Lipinski definition) is 2. The number of imidazole rings is 1. The molecule has 6 heteroatoms. The number of rotatable bonds is 2. The highest BCUT2D eigenvalue weighted by atomic mass is 16.1. The van der Waals surface area contributed by atoms with Crippen LogP contribution in [0.1, 0.15) is 19.7 Å². The zero-order chi connectivity index (χ0) is 11.0. The first-order chi connectivity index (χ1) is 7.17. The predicted octanol–water partition coefficient (Wildman–Crippen LogP) is 0.284. The fourth-order valence-corrected chi connectivity index (χ4v) is 1.53. The Labute approximate surface area is 86.2 Å². The molecule has 2 aromatic rings. The van der Waals surface area contributed by atoms with Crippen molar-refractivity contribution >= 4 is 17.0 Å². The molecule has 2 rings (SSSR count). The van der Waals surface area contributed by atoms with Crippen LogP contribution >= 0.6 is 0 Å². The van der Waals surface area contributed by atoms with Crippen molar-refractivity contribution in [2.45, 2.75) is 26.8 Å². The first-order valence-electron chi connectivity index (χ1n) is 4.92. The molecule has 3 N–H and O–H groups in total. The van der Waals surface area contributed by atoms with E-state index in [2.05, 4.69) is 15.0 Å². The summed E-state index contributed by atoms with van der Waals surface area (Å²) in [6.45, 7) is 4.33. The van der Waals surface area contributed by atoms with Gasteiger partial charge in [0.15, 0.2) is 5.65 Å². The van der Waals surface area contributed by atoms with Crippen molar-refractivity contribution in [3.8, 4) is 0 Å². The van der Waals surface area contributed by atoms with Gasteiger partial charge in [-0.15, -0.1) is 0 Å². The number of nitrogens with one attached hydrogen (secondary N) is 1. The third kappa shape index (κ3) is 1.38. The third-order valence-electron chi connectivity index (χ3n) is 2.36. The fraction of sp³-hybridized carbons (Fsp3) is 0.444. The summed E-state index contributed by atoms with van der Waals surface area (Å²) in [7, 11) is 0. The number of aromatic nitrogens is 4. The van der Waals surface area contributed by atoms with Gasteiger partial charge in [-0.05, 0) is 6.92 Å². The van der Waals surface area contributed by atoms with Gasteiger partial charge in [0.1, 0.15) is 17.2 Å². The highest BCUT2D eigenvalue weighted by Crippen LogP contribution is 2.14. The summed E-state index contributed by atoms with van der Waals surface area (Å²) >= 11 is 0. The first-order valence-corrected chi connectivity index (χ1v) is 4.92. The third-order valence-corrected chi connectivity index (χ3v) is 2.36. The quantitative estimate of drug-likeness (QED) is 0.740. The second-order valence-corrected chi connectivity index (χ2v) is 3.26. The van der Waals surface area contributed by atoms with Crippen molar-refractivity contribution in [1.29, 1.82) is 0 Å². The second kappa shape index (κ2) is 3.38. The molecule has 0 spiro atoms. The molecule has 0 atom stereocenters. The summed E-state index contributed by atoms with van der Waals surface area (Å²) in [5, 5.41) is 0. The molecule has 0 saturated heterocycles. The average molecular weight is 207 g/mol. The Hall–Kier alpha value is -1.85. The zero-order valence-corrected chi connectivity index (χ0v) is 8.74. The molecule has 0 saturated carbocycles. The molecule has 0 bridgehead atoms. The maximum Gasteiger partial charge on any atom is 0.351 e. The van der Waals surface area contributed by atoms with E-state index in [0.717, 1.165) is 12.2 Å². The molecule has 0 unspecified atom stereocenters. The Morgan fingerprint density at radius 3 is 2.73 bits per heavy atom. The van der Waals surface area contributed by atoms with Gasteiger partial charge >= 0.3 is 5.69 Å². The number of anilines is 1. The molecule has 80 valence electrons. The maximum absolute atomic E-state index is 11.5. The van der Waals surface area contributed by atoms with Gasteiger partial charge in [-0.1, -0.05) is 6.92 Å². The van der Waals surface area contributed by atoms with E-state index in [4.69, 9.17) is 5.73 Å². The lowest BCUT2D eigenvalue weighted by molar-refractivity contribution is 0.718. The smallest absolute Gasteiger partial charge is 0.351 e. The lowest BCUT2D eigenvalue weighted by Crippen LogP contribution is -2.24. The maximum atomic E-state index is 11.5. The number of H-pyrrole nitrogens is 1. The Bertz CT molecular complexity index is 553. The fourth-order valence-electron chi connectivity index (χ4n) is 1.53. The van der Waals surface area contributed by atoms with Gasteiger partial charge in [-0.25, -0.2) is 9.78 Å². The lowest BCUT2D eigenvalue weighted by Gasteiger charge is -2.04. The number of nitrogens with zero attached hydrogens (tertiary/aromatic N) is 3. The van der Waals surface area contributed by atoms with Gasteiger partial charge in [0.05, 0.1) is 0 Å². The van der Waals surface area contributed by atoms with Crippen molar-refractivity contribution in [2.24, 2.45) is 0 Å². The van der Waals surface area contributed by atoms with Crippen LogP contribution in [0.5, 0.6) is 0 Å². The van der Waals surface area contributed by atoms with Crippen molar-refractivity contribution in [2.75, 3.05) is 5.73 Å². The van der Waals surface area contributed by atoms with Crippen LogP contribution in [0.15, 0.2) is 4.79 Å². The van der Waals surface area contributed by atoms with Crippen molar-refractivity contribution < 1.29 is 0 Å². The molecule has 15 heavy (non-hydrogen) atoms. The van der Waals surface area contributed by atoms with Crippen molar-refractivity contribution in [3.63, 3.8) is 0 Å². The topological polar surface area (TPSA) is 89.6 Å². The van der Waals surface area contributed by atoms with E-state index < -0.39 is 0 Å². The van der Waals surface area contributed by atoms with Crippen molar-refractivity contribution in [3.05, 3.63) is 16.3 Å². The molecule has 0 fully saturated rings. The highest BCUT2D eigenvalue weighted by Gasteiger charge is 2.11. The number of aromatic amines is 1. The van der Waals surface area contributed by atoms with Gasteiger partial charge in [0, 0.05) is 13.0 Å². The number of fused-ring (bicyclic) bond motifs is 1. The summed E-state index contributed by atoms with van der Waals surface area (Å²) in [6, 6.07) is 0. The molecule has 0 aromatic carbocycles. The average Bonchev–Trinajstić information content (AvgIpc) is 2.61. The SMILES string of the molecule is CCc1nc2nc(=O)n(CC)c(N)c2[nH]1. The van der Waals surface area contributed by atoms with E-state index in [1.807, 2.05) is 13.8 Å². The van der Waals surface area contributed by atoms with Gasteiger partial charge in [-0.2, -0.15) is 4.98 Å². The normalized spacial score (nSPS) is 11.1. The minimum Gasteiger partial charge on any atom is -0.383 e. The number of aryl methyl sites for hydroxylation is 1. The van der Waals surface area contributed by atoms with E-state index >= 15 is 0 Å². The summed E-state index contributed by atoms with van der Waals surface area (Å²) in [6.07, 6.45) is 0.760. The molecule has 0 amide bonds. The molecule has 0 aliphatic rings. The van der Waals surface area contributed by atoms with Gasteiger partial charge in [0.2, 0.25) is 0 Å². The number of hydrogen-bond acceptors (Lipinski definition) is 4. The lowest BCUT2D eigenvalue weighted by atomic mass is 10.4. The van der Waals surface area contributed by atoms with Gasteiger partial charge in [-0.3, -0.25) is 4.57 Å². The molecule has 2 aromatic heterocycles. The van der Waals surface area contributed by atoms with Crippen LogP contribution in [0.4, 0.5) is 5.82 Å². The molecular weight excluding hydrogens is 194 g/mol. The minimum atomic E-state index is -0.350. The zero-order valence-electron chi connectivity index (χ0n) is 8.74. The van der Waals surface area contributed by atoms with E-state index in [0.29, 0.717) is 23.5 Å². The van der Waals surface area contributed by atoms with Crippen LogP contribution in [-0.2, 0) is 13.0 Å². The van der Waals surface area contributed by atoms with E-state index in [1.165, 1.54) is 4.57 Å². The Morgan fingerprint density at radius 2 is 2.13 bits per heavy atom. The summed E-state index contributed by atoms with van der Waals surface area (Å²) in [5.41, 5.74) is 6.55. The van der Waals surface area contributed by atoms with E-state index in [-0.39, 0.29) is 5.69 Å². The van der Waals surface area contributed by atoms with E-state index in [9.17, 15) is 4.79 Å². The Morgan fingerprint density at radius 1 is 1.40 bits per heavy atom. The summed E-state index contributed by atoms with van der Waals surface area (Å²) in [4.78, 5) is 22.6. The van der Waals surface area contributed by atoms with Crippen LogP contribution in [0.3, 0.4) is 0 Å². The minimum absolute atomic E-state index is 0.350. The van der Waals surface area contributed by atoms with Crippen LogP contribution in [0, 0.1) is 0 Å². The Kier molecular flexibility index (Phi) is 2.18. The summed E-state index contributed by atoms with van der Waals surface area (Å²) < 4.78 is 1.42. The van der Waals surface area contributed by atoms with Crippen molar-refractivity contribution in [1.82, 2.24) is 19.5 Å². The van der Waals surface area contributed by atoms with Gasteiger partial charge in [0.25, 0.3) is 0 Å². The monoisotopic (exact) mass is 207 g/mol. The molecule has 0 aliphatic carbocycles. The molecule has 6 nitrogen and oxygen atoms in total. The van der Waals surface area contributed by atoms with Crippen LogP contribution in [0.25, 0.3) is 11.2 Å². The molecule has 0 radical (unpaired) electrons. The Balaban J connectivity index is 2.82. The van der Waals surface area contributed by atoms with E-state index in [1.54, 1.807) is 0 Å². The second-order valence-electron chi connectivity index (χ2n) is 3.26. The van der Waals surface area contributed by atoms with Crippen LogP contribution in [0.2, 0.25) is 0 Å². The standard InChI is InChI=1S/C9H13N5O/c1-3-5-11-6-7(10)14(4-2)9(15)13-8(6)12-5/h3-4,10H2,1-2H3,(H,11,12,13,15).